The minimum atomic E-state index is -0.191. The average molecular weight is 349 g/mol. The zero-order valence-corrected chi connectivity index (χ0v) is 13.3. The van der Waals surface area contributed by atoms with Gasteiger partial charge in [-0.25, -0.2) is 0 Å². The van der Waals surface area contributed by atoms with E-state index in [0.717, 1.165) is 22.1 Å². The molecule has 0 atom stereocenters. The van der Waals surface area contributed by atoms with E-state index in [9.17, 15) is 4.79 Å². The Labute approximate surface area is 132 Å². The maximum Gasteiger partial charge on any atom is 0.262 e. The molecule has 0 radical (unpaired) electrons. The molecule has 0 saturated carbocycles. The summed E-state index contributed by atoms with van der Waals surface area (Å²) in [5.41, 5.74) is 8.14. The molecule has 0 aliphatic carbocycles. The third-order valence-corrected chi connectivity index (χ3v) is 3.47. The zero-order chi connectivity index (χ0) is 15.2. The van der Waals surface area contributed by atoms with E-state index in [1.54, 1.807) is 24.3 Å². The van der Waals surface area contributed by atoms with E-state index in [1.165, 1.54) is 0 Å². The second-order valence-corrected chi connectivity index (χ2v) is 5.48. The van der Waals surface area contributed by atoms with Crippen molar-refractivity contribution >= 4 is 33.2 Å². The van der Waals surface area contributed by atoms with Crippen LogP contribution < -0.4 is 15.8 Å². The molecule has 0 aliphatic rings. The smallest absolute Gasteiger partial charge is 0.262 e. The van der Waals surface area contributed by atoms with Gasteiger partial charge in [0.2, 0.25) is 0 Å². The van der Waals surface area contributed by atoms with Gasteiger partial charge in [-0.1, -0.05) is 22.9 Å². The molecule has 21 heavy (non-hydrogen) atoms. The van der Waals surface area contributed by atoms with Crippen LogP contribution in [0.15, 0.2) is 46.9 Å². The maximum absolute atomic E-state index is 11.9. The molecule has 2 aromatic carbocycles. The van der Waals surface area contributed by atoms with Crippen LogP contribution in [0.4, 0.5) is 11.4 Å². The Morgan fingerprint density at radius 2 is 1.95 bits per heavy atom. The molecule has 0 heterocycles. The van der Waals surface area contributed by atoms with Gasteiger partial charge in [-0.2, -0.15) is 0 Å². The highest BCUT2D eigenvalue weighted by Gasteiger charge is 2.07. The molecule has 3 N–H and O–H groups in total. The van der Waals surface area contributed by atoms with Gasteiger partial charge < -0.3 is 15.8 Å². The number of benzene rings is 2. The summed E-state index contributed by atoms with van der Waals surface area (Å²) in [6.07, 6.45) is 0.841. The van der Waals surface area contributed by atoms with Crippen LogP contribution in [0.25, 0.3) is 0 Å². The van der Waals surface area contributed by atoms with Gasteiger partial charge in [0.25, 0.3) is 5.91 Å². The maximum atomic E-state index is 11.9. The van der Waals surface area contributed by atoms with Gasteiger partial charge in [-0.3, -0.25) is 4.79 Å². The first kappa shape index (κ1) is 15.4. The Morgan fingerprint density at radius 3 is 2.62 bits per heavy atom. The Morgan fingerprint density at radius 1 is 1.24 bits per heavy atom. The molecule has 110 valence electrons. The Hall–Kier alpha value is -2.01. The van der Waals surface area contributed by atoms with Crippen LogP contribution in [0.2, 0.25) is 0 Å². The number of nitrogen functional groups attached to an aromatic ring is 1. The summed E-state index contributed by atoms with van der Waals surface area (Å²) in [5.74, 6) is 0.426. The highest BCUT2D eigenvalue weighted by atomic mass is 79.9. The SMILES string of the molecule is CCc1cc(Br)ccc1NC(=O)COc1ccc(N)cc1. The number of hydrogen-bond acceptors (Lipinski definition) is 3. The van der Waals surface area contributed by atoms with Crippen molar-refractivity contribution in [3.8, 4) is 5.75 Å². The summed E-state index contributed by atoms with van der Waals surface area (Å²) in [7, 11) is 0. The van der Waals surface area contributed by atoms with E-state index in [2.05, 4.69) is 21.2 Å². The standard InChI is InChI=1S/C16H17BrN2O2/c1-2-11-9-12(17)3-8-15(11)19-16(20)10-21-14-6-4-13(18)5-7-14/h3-9H,2,10,18H2,1H3,(H,19,20). The number of hydrogen-bond donors (Lipinski definition) is 2. The van der Waals surface area contributed by atoms with Gasteiger partial charge in [-0.15, -0.1) is 0 Å². The van der Waals surface area contributed by atoms with E-state index in [-0.39, 0.29) is 12.5 Å². The predicted molar refractivity (Wildman–Crippen MR) is 88.5 cm³/mol. The van der Waals surface area contributed by atoms with Crippen LogP contribution in [0.1, 0.15) is 12.5 Å². The first-order chi connectivity index (χ1) is 10.1. The van der Waals surface area contributed by atoms with Crippen LogP contribution in [0, 0.1) is 0 Å². The minimum Gasteiger partial charge on any atom is -0.484 e. The van der Waals surface area contributed by atoms with Crippen molar-refractivity contribution in [2.24, 2.45) is 0 Å². The molecule has 0 spiro atoms. The molecule has 0 aliphatic heterocycles. The first-order valence-corrected chi connectivity index (χ1v) is 7.44. The molecule has 5 heteroatoms. The molecule has 0 saturated heterocycles. The molecule has 2 rings (SSSR count). The number of carbonyl (C=O) groups excluding carboxylic acids is 1. The largest absolute Gasteiger partial charge is 0.484 e. The van der Waals surface area contributed by atoms with E-state index >= 15 is 0 Å². The van der Waals surface area contributed by atoms with E-state index < -0.39 is 0 Å². The average Bonchev–Trinajstić information content (AvgIpc) is 2.48. The number of nitrogens with two attached hydrogens (primary N) is 1. The van der Waals surface area contributed by atoms with Crippen LogP contribution in [0.5, 0.6) is 5.75 Å². The molecule has 2 aromatic rings. The van der Waals surface area contributed by atoms with Crippen molar-refractivity contribution in [3.05, 3.63) is 52.5 Å². The topological polar surface area (TPSA) is 64.3 Å². The number of rotatable bonds is 5. The fourth-order valence-electron chi connectivity index (χ4n) is 1.88. The number of aryl methyl sites for hydroxylation is 1. The number of carbonyl (C=O) groups is 1. The number of amides is 1. The van der Waals surface area contributed by atoms with Crippen LogP contribution in [-0.2, 0) is 11.2 Å². The molecule has 0 bridgehead atoms. The van der Waals surface area contributed by atoms with Crippen LogP contribution >= 0.6 is 15.9 Å². The first-order valence-electron chi connectivity index (χ1n) is 6.65. The Kier molecular flexibility index (Phi) is 5.22. The fourth-order valence-corrected chi connectivity index (χ4v) is 2.28. The van der Waals surface area contributed by atoms with Crippen LogP contribution in [0.3, 0.4) is 0 Å². The van der Waals surface area contributed by atoms with Crippen molar-refractivity contribution in [1.29, 1.82) is 0 Å². The lowest BCUT2D eigenvalue weighted by Gasteiger charge is -2.11. The normalized spacial score (nSPS) is 10.2. The number of halogens is 1. The van der Waals surface area contributed by atoms with Gasteiger partial charge in [0, 0.05) is 15.8 Å². The van der Waals surface area contributed by atoms with Crippen molar-refractivity contribution in [2.45, 2.75) is 13.3 Å². The lowest BCUT2D eigenvalue weighted by molar-refractivity contribution is -0.118. The van der Waals surface area contributed by atoms with E-state index in [0.29, 0.717) is 11.4 Å². The summed E-state index contributed by atoms with van der Waals surface area (Å²) in [5, 5.41) is 2.86. The number of anilines is 2. The lowest BCUT2D eigenvalue weighted by Crippen LogP contribution is -2.20. The zero-order valence-electron chi connectivity index (χ0n) is 11.7. The summed E-state index contributed by atoms with van der Waals surface area (Å²) < 4.78 is 6.41. The van der Waals surface area contributed by atoms with E-state index in [1.807, 2.05) is 25.1 Å². The van der Waals surface area contributed by atoms with E-state index in [4.69, 9.17) is 10.5 Å². The number of ether oxygens (including phenoxy) is 1. The second kappa shape index (κ2) is 7.13. The third kappa shape index (κ3) is 4.49. The molecule has 0 unspecified atom stereocenters. The predicted octanol–water partition coefficient (Wildman–Crippen LogP) is 3.61. The molecular formula is C16H17BrN2O2. The van der Waals surface area contributed by atoms with Gasteiger partial charge in [0.15, 0.2) is 6.61 Å². The summed E-state index contributed by atoms with van der Waals surface area (Å²) in [6.45, 7) is 2.01. The summed E-state index contributed by atoms with van der Waals surface area (Å²) in [4.78, 5) is 11.9. The van der Waals surface area contributed by atoms with Crippen molar-refractivity contribution in [2.75, 3.05) is 17.7 Å². The highest BCUT2D eigenvalue weighted by Crippen LogP contribution is 2.21. The second-order valence-electron chi connectivity index (χ2n) is 4.56. The highest BCUT2D eigenvalue weighted by molar-refractivity contribution is 9.10. The molecule has 0 fully saturated rings. The van der Waals surface area contributed by atoms with Gasteiger partial charge in [0.05, 0.1) is 0 Å². The minimum absolute atomic E-state index is 0.0386. The molecular weight excluding hydrogens is 332 g/mol. The Bertz CT molecular complexity index is 627. The lowest BCUT2D eigenvalue weighted by atomic mass is 10.1. The fraction of sp³-hybridized carbons (Fsp3) is 0.188. The van der Waals surface area contributed by atoms with Crippen molar-refractivity contribution < 1.29 is 9.53 Å². The quantitative estimate of drug-likeness (QED) is 0.811. The number of nitrogens with one attached hydrogen (secondary N) is 1. The monoisotopic (exact) mass is 348 g/mol. The Balaban J connectivity index is 1.94. The van der Waals surface area contributed by atoms with Gasteiger partial charge in [0.1, 0.15) is 5.75 Å². The van der Waals surface area contributed by atoms with Crippen LogP contribution in [-0.4, -0.2) is 12.5 Å². The third-order valence-electron chi connectivity index (χ3n) is 2.97. The molecule has 0 aromatic heterocycles. The molecule has 1 amide bonds. The van der Waals surface area contributed by atoms with Crippen molar-refractivity contribution in [3.63, 3.8) is 0 Å². The summed E-state index contributed by atoms with van der Waals surface area (Å²) >= 11 is 3.42. The van der Waals surface area contributed by atoms with Crippen molar-refractivity contribution in [1.82, 2.24) is 0 Å². The van der Waals surface area contributed by atoms with Gasteiger partial charge in [-0.05, 0) is 54.4 Å². The van der Waals surface area contributed by atoms with Gasteiger partial charge >= 0.3 is 0 Å². The summed E-state index contributed by atoms with van der Waals surface area (Å²) in [6, 6.07) is 12.7. The molecule has 4 nitrogen and oxygen atoms in total.